The Labute approximate surface area is 249 Å². The lowest BCUT2D eigenvalue weighted by molar-refractivity contribution is -0.351. The van der Waals surface area contributed by atoms with Crippen LogP contribution in [0.4, 0.5) is 0 Å². The Morgan fingerprint density at radius 1 is 0.977 bits per heavy atom. The van der Waals surface area contributed by atoms with E-state index in [1.807, 2.05) is 60.7 Å². The lowest BCUT2D eigenvalue weighted by atomic mass is 9.95. The third-order valence-electron chi connectivity index (χ3n) is 6.99. The van der Waals surface area contributed by atoms with E-state index in [1.54, 1.807) is 12.1 Å². The molecule has 12 nitrogen and oxygen atoms in total. The standard InChI is InChI=1S/C31H34N4O8/c1-19(28(37)34-35-29(38)23-14-9-15-32-16-23)41-27-25(33-20(2)36)31(39-17-21-10-5-3-6-11-21)42-24-18-40-30(43-26(24)27)22-12-7-4-8-13-22/h3-16,19,24-27,30-31H,17-18H2,1-2H3,(H,33,36)(H,34,37)(H,35,38)/t19-,24+,25-,26-,27+,30+,31+/m1/s1. The van der Waals surface area contributed by atoms with Gasteiger partial charge in [0.2, 0.25) is 5.91 Å². The molecule has 226 valence electrons. The third-order valence-corrected chi connectivity index (χ3v) is 6.99. The number of rotatable bonds is 9. The van der Waals surface area contributed by atoms with Gasteiger partial charge < -0.3 is 29.0 Å². The van der Waals surface area contributed by atoms with E-state index in [0.29, 0.717) is 0 Å². The Hall–Kier alpha value is -4.20. The van der Waals surface area contributed by atoms with Gasteiger partial charge in [-0.3, -0.25) is 30.2 Å². The van der Waals surface area contributed by atoms with Gasteiger partial charge in [-0.15, -0.1) is 0 Å². The highest BCUT2D eigenvalue weighted by molar-refractivity contribution is 5.95. The lowest BCUT2D eigenvalue weighted by Crippen LogP contribution is -2.68. The van der Waals surface area contributed by atoms with E-state index >= 15 is 0 Å². The summed E-state index contributed by atoms with van der Waals surface area (Å²) >= 11 is 0. The molecule has 0 saturated carbocycles. The third kappa shape index (κ3) is 7.80. The van der Waals surface area contributed by atoms with Crippen LogP contribution in [-0.2, 0) is 39.9 Å². The molecule has 2 fully saturated rings. The predicted octanol–water partition coefficient (Wildman–Crippen LogP) is 2.18. The van der Waals surface area contributed by atoms with Gasteiger partial charge in [0.25, 0.3) is 11.8 Å². The molecule has 7 atom stereocenters. The van der Waals surface area contributed by atoms with Crippen molar-refractivity contribution in [3.63, 3.8) is 0 Å². The first-order valence-electron chi connectivity index (χ1n) is 13.9. The number of aromatic nitrogens is 1. The van der Waals surface area contributed by atoms with Gasteiger partial charge in [0.1, 0.15) is 30.5 Å². The Kier molecular flexibility index (Phi) is 10.1. The van der Waals surface area contributed by atoms with Crippen LogP contribution in [0.1, 0.15) is 41.6 Å². The largest absolute Gasteiger partial charge is 0.360 e. The van der Waals surface area contributed by atoms with Crippen molar-refractivity contribution >= 4 is 17.7 Å². The molecule has 0 radical (unpaired) electrons. The number of carbonyl (C=O) groups excluding carboxylic acids is 3. The fourth-order valence-electron chi connectivity index (χ4n) is 4.88. The van der Waals surface area contributed by atoms with E-state index in [1.165, 1.54) is 26.2 Å². The maximum Gasteiger partial charge on any atom is 0.271 e. The van der Waals surface area contributed by atoms with Crippen LogP contribution in [0.25, 0.3) is 0 Å². The highest BCUT2D eigenvalue weighted by Crippen LogP contribution is 2.36. The normalized spacial score (nSPS) is 25.5. The van der Waals surface area contributed by atoms with Gasteiger partial charge in [0.15, 0.2) is 12.6 Å². The van der Waals surface area contributed by atoms with Crippen molar-refractivity contribution in [1.29, 1.82) is 0 Å². The van der Waals surface area contributed by atoms with Crippen LogP contribution < -0.4 is 16.2 Å². The molecule has 0 aliphatic carbocycles. The number of nitrogens with zero attached hydrogens (tertiary/aromatic N) is 1. The number of amides is 3. The first kappa shape index (κ1) is 30.3. The summed E-state index contributed by atoms with van der Waals surface area (Å²) in [6.45, 7) is 3.27. The molecule has 0 spiro atoms. The number of hydrogen-bond acceptors (Lipinski definition) is 9. The molecule has 12 heteroatoms. The van der Waals surface area contributed by atoms with Crippen LogP contribution in [-0.4, -0.2) is 66.1 Å². The van der Waals surface area contributed by atoms with E-state index in [2.05, 4.69) is 21.2 Å². The van der Waals surface area contributed by atoms with Crippen molar-refractivity contribution in [1.82, 2.24) is 21.2 Å². The summed E-state index contributed by atoms with van der Waals surface area (Å²) in [6, 6.07) is 21.2. The highest BCUT2D eigenvalue weighted by atomic mass is 16.8. The number of fused-ring (bicyclic) bond motifs is 1. The minimum Gasteiger partial charge on any atom is -0.360 e. The summed E-state index contributed by atoms with van der Waals surface area (Å²) in [6.07, 6.45) is -2.10. The molecule has 3 aromatic rings. The molecule has 2 aliphatic heterocycles. The van der Waals surface area contributed by atoms with Gasteiger partial charge in [0.05, 0.1) is 18.8 Å². The molecular weight excluding hydrogens is 556 g/mol. The van der Waals surface area contributed by atoms with Crippen molar-refractivity contribution in [3.05, 3.63) is 102 Å². The van der Waals surface area contributed by atoms with Gasteiger partial charge in [-0.1, -0.05) is 60.7 Å². The van der Waals surface area contributed by atoms with Gasteiger partial charge >= 0.3 is 0 Å². The first-order chi connectivity index (χ1) is 20.9. The number of benzene rings is 2. The van der Waals surface area contributed by atoms with Gasteiger partial charge in [-0.25, -0.2) is 0 Å². The zero-order valence-corrected chi connectivity index (χ0v) is 23.8. The average molecular weight is 591 g/mol. The number of carbonyl (C=O) groups is 3. The fraction of sp³-hybridized carbons (Fsp3) is 0.355. The topological polar surface area (TPSA) is 146 Å². The quantitative estimate of drug-likeness (QED) is 0.319. The summed E-state index contributed by atoms with van der Waals surface area (Å²) in [5, 5.41) is 2.88. The van der Waals surface area contributed by atoms with E-state index in [9.17, 15) is 14.4 Å². The van der Waals surface area contributed by atoms with Crippen LogP contribution in [0.3, 0.4) is 0 Å². The van der Waals surface area contributed by atoms with Crippen LogP contribution in [0.15, 0.2) is 85.2 Å². The molecule has 3 heterocycles. The highest BCUT2D eigenvalue weighted by Gasteiger charge is 2.52. The summed E-state index contributed by atoms with van der Waals surface area (Å²) in [7, 11) is 0. The van der Waals surface area contributed by atoms with Crippen molar-refractivity contribution < 1.29 is 38.1 Å². The maximum atomic E-state index is 13.0. The van der Waals surface area contributed by atoms with Crippen molar-refractivity contribution in [2.75, 3.05) is 6.61 Å². The molecule has 2 saturated heterocycles. The molecular formula is C31H34N4O8. The van der Waals surface area contributed by atoms with Crippen LogP contribution in [0.2, 0.25) is 0 Å². The minimum absolute atomic E-state index is 0.157. The van der Waals surface area contributed by atoms with E-state index in [4.69, 9.17) is 23.7 Å². The summed E-state index contributed by atoms with van der Waals surface area (Å²) in [5.41, 5.74) is 6.72. The molecule has 3 amide bonds. The molecule has 0 bridgehead atoms. The molecule has 1 aromatic heterocycles. The predicted molar refractivity (Wildman–Crippen MR) is 152 cm³/mol. The van der Waals surface area contributed by atoms with Crippen molar-refractivity contribution in [3.8, 4) is 0 Å². The van der Waals surface area contributed by atoms with Crippen molar-refractivity contribution in [2.45, 2.75) is 63.5 Å². The minimum atomic E-state index is -1.08. The second kappa shape index (κ2) is 14.3. The molecule has 2 aliphatic rings. The molecule has 5 rings (SSSR count). The Morgan fingerprint density at radius 2 is 1.72 bits per heavy atom. The zero-order chi connectivity index (χ0) is 30.2. The fourth-order valence-corrected chi connectivity index (χ4v) is 4.88. The van der Waals surface area contributed by atoms with Crippen LogP contribution in [0, 0.1) is 0 Å². The number of ether oxygens (including phenoxy) is 5. The second-order valence-electron chi connectivity index (χ2n) is 10.2. The number of pyridine rings is 1. The zero-order valence-electron chi connectivity index (χ0n) is 23.8. The van der Waals surface area contributed by atoms with Gasteiger partial charge in [-0.05, 0) is 24.6 Å². The van der Waals surface area contributed by atoms with E-state index in [-0.39, 0.29) is 24.7 Å². The molecule has 2 aromatic carbocycles. The van der Waals surface area contributed by atoms with Gasteiger partial charge in [0, 0.05) is 24.9 Å². The number of nitrogens with one attached hydrogen (secondary N) is 3. The number of hydrogen-bond donors (Lipinski definition) is 3. The Bertz CT molecular complexity index is 1360. The Morgan fingerprint density at radius 3 is 2.42 bits per heavy atom. The lowest BCUT2D eigenvalue weighted by Gasteiger charge is -2.49. The number of hydrazine groups is 1. The summed E-state index contributed by atoms with van der Waals surface area (Å²) in [5.74, 6) is -1.50. The monoisotopic (exact) mass is 590 g/mol. The molecule has 3 N–H and O–H groups in total. The smallest absolute Gasteiger partial charge is 0.271 e. The summed E-state index contributed by atoms with van der Waals surface area (Å²) in [4.78, 5) is 41.7. The molecule has 43 heavy (non-hydrogen) atoms. The second-order valence-corrected chi connectivity index (χ2v) is 10.2. The van der Waals surface area contributed by atoms with Gasteiger partial charge in [-0.2, -0.15) is 0 Å². The van der Waals surface area contributed by atoms with Crippen LogP contribution >= 0.6 is 0 Å². The summed E-state index contributed by atoms with van der Waals surface area (Å²) < 4.78 is 31.1. The average Bonchev–Trinajstić information content (AvgIpc) is 3.04. The van der Waals surface area contributed by atoms with E-state index in [0.717, 1.165) is 11.1 Å². The SMILES string of the molecule is CC(=O)N[C@H]1[C@@H](OCc2ccccc2)O[C@H]2CO[C@H](c3ccccc3)O[C@H]2[C@H]1O[C@H](C)C(=O)NNC(=O)c1cccnc1. The van der Waals surface area contributed by atoms with Crippen LogP contribution in [0.5, 0.6) is 0 Å². The first-order valence-corrected chi connectivity index (χ1v) is 13.9. The Balaban J connectivity index is 1.35. The van der Waals surface area contributed by atoms with Crippen molar-refractivity contribution in [2.24, 2.45) is 0 Å². The van der Waals surface area contributed by atoms with E-state index < -0.39 is 54.9 Å². The molecule has 0 unspecified atom stereocenters. The maximum absolute atomic E-state index is 13.0.